The molecular formula is C26H30N4O2. The van der Waals surface area contributed by atoms with Gasteiger partial charge in [-0.1, -0.05) is 12.1 Å². The maximum absolute atomic E-state index is 13.4. The monoisotopic (exact) mass is 430 g/mol. The highest BCUT2D eigenvalue weighted by atomic mass is 16.2. The number of carbonyl (C=O) groups excluding carboxylic acids is 2. The zero-order valence-corrected chi connectivity index (χ0v) is 18.9. The molecule has 1 aromatic heterocycles. The highest BCUT2D eigenvalue weighted by molar-refractivity contribution is 6.08. The molecule has 32 heavy (non-hydrogen) atoms. The van der Waals surface area contributed by atoms with Crippen LogP contribution in [0.3, 0.4) is 0 Å². The van der Waals surface area contributed by atoms with E-state index in [9.17, 15) is 9.59 Å². The first-order chi connectivity index (χ1) is 15.3. The molecule has 0 atom stereocenters. The molecule has 0 radical (unpaired) electrons. The van der Waals surface area contributed by atoms with Crippen molar-refractivity contribution in [2.24, 2.45) is 5.73 Å². The summed E-state index contributed by atoms with van der Waals surface area (Å²) >= 11 is 0. The van der Waals surface area contributed by atoms with Gasteiger partial charge in [-0.15, -0.1) is 0 Å². The van der Waals surface area contributed by atoms with E-state index >= 15 is 0 Å². The first-order valence-corrected chi connectivity index (χ1v) is 11.1. The number of anilines is 2. The van der Waals surface area contributed by atoms with Crippen LogP contribution in [0, 0.1) is 20.8 Å². The van der Waals surface area contributed by atoms with E-state index in [4.69, 9.17) is 5.73 Å². The molecule has 2 amide bonds. The minimum absolute atomic E-state index is 0.197. The van der Waals surface area contributed by atoms with Crippen LogP contribution in [-0.2, 0) is 0 Å². The normalized spacial score (nSPS) is 13.8. The van der Waals surface area contributed by atoms with Crippen molar-refractivity contribution < 1.29 is 9.59 Å². The second-order valence-corrected chi connectivity index (χ2v) is 8.56. The van der Waals surface area contributed by atoms with Gasteiger partial charge in [0, 0.05) is 35.7 Å². The number of nitrogens with zero attached hydrogens (tertiary/aromatic N) is 2. The Morgan fingerprint density at radius 1 is 0.938 bits per heavy atom. The maximum Gasteiger partial charge on any atom is 0.257 e. The first-order valence-electron chi connectivity index (χ1n) is 11.1. The van der Waals surface area contributed by atoms with Gasteiger partial charge in [0.1, 0.15) is 0 Å². The molecule has 0 unspecified atom stereocenters. The Morgan fingerprint density at radius 2 is 1.69 bits per heavy atom. The molecule has 3 aromatic rings. The molecule has 6 heteroatoms. The summed E-state index contributed by atoms with van der Waals surface area (Å²) in [5, 5.41) is 3.06. The fraction of sp³-hybridized carbons (Fsp3) is 0.308. The van der Waals surface area contributed by atoms with Crippen LogP contribution in [0.4, 0.5) is 11.4 Å². The molecule has 1 aliphatic rings. The Balaban J connectivity index is 1.69. The number of primary amides is 1. The predicted octanol–water partition coefficient (Wildman–Crippen LogP) is 4.74. The molecule has 2 aromatic carbocycles. The summed E-state index contributed by atoms with van der Waals surface area (Å²) in [6.07, 6.45) is 3.44. The molecule has 1 aliphatic heterocycles. The van der Waals surface area contributed by atoms with Crippen LogP contribution in [0.2, 0.25) is 0 Å². The topological polar surface area (TPSA) is 80.4 Å². The number of hydrogen-bond acceptors (Lipinski definition) is 3. The second kappa shape index (κ2) is 8.91. The van der Waals surface area contributed by atoms with Crippen LogP contribution in [0.5, 0.6) is 0 Å². The molecule has 0 spiro atoms. The third kappa shape index (κ3) is 4.26. The van der Waals surface area contributed by atoms with Crippen LogP contribution in [-0.4, -0.2) is 29.5 Å². The molecule has 1 saturated heterocycles. The second-order valence-electron chi connectivity index (χ2n) is 8.56. The number of amides is 2. The molecule has 0 bridgehead atoms. The largest absolute Gasteiger partial charge is 0.370 e. The summed E-state index contributed by atoms with van der Waals surface area (Å²) in [5.74, 6) is -0.708. The fourth-order valence-corrected chi connectivity index (χ4v) is 4.55. The summed E-state index contributed by atoms with van der Waals surface area (Å²) < 4.78 is 2.09. The van der Waals surface area contributed by atoms with Gasteiger partial charge in [0.05, 0.1) is 16.9 Å². The van der Waals surface area contributed by atoms with Crippen LogP contribution in [0.25, 0.3) is 5.69 Å². The first kappa shape index (κ1) is 21.7. The van der Waals surface area contributed by atoms with E-state index in [0.717, 1.165) is 54.3 Å². The van der Waals surface area contributed by atoms with E-state index in [-0.39, 0.29) is 5.91 Å². The lowest BCUT2D eigenvalue weighted by Gasteiger charge is -2.30. The number of nitrogens with one attached hydrogen (secondary N) is 1. The zero-order valence-electron chi connectivity index (χ0n) is 18.9. The third-order valence-electron chi connectivity index (χ3n) is 6.16. The molecule has 4 rings (SSSR count). The van der Waals surface area contributed by atoms with Crippen molar-refractivity contribution in [3.05, 3.63) is 76.6 Å². The molecule has 0 saturated carbocycles. The number of benzene rings is 2. The summed E-state index contributed by atoms with van der Waals surface area (Å²) in [6.45, 7) is 7.87. The van der Waals surface area contributed by atoms with E-state index < -0.39 is 5.91 Å². The van der Waals surface area contributed by atoms with Crippen molar-refractivity contribution in [1.29, 1.82) is 0 Å². The van der Waals surface area contributed by atoms with Gasteiger partial charge in [0.25, 0.3) is 5.91 Å². The third-order valence-corrected chi connectivity index (χ3v) is 6.16. The number of carbonyl (C=O) groups is 2. The number of hydrogen-bond donors (Lipinski definition) is 2. The fourth-order valence-electron chi connectivity index (χ4n) is 4.55. The Labute approximate surface area is 189 Å². The number of rotatable bonds is 5. The van der Waals surface area contributed by atoms with E-state index in [2.05, 4.69) is 33.8 Å². The standard InChI is InChI=1S/C26H30N4O2/c1-17-8-7-9-21(14-17)30-18(2)15-22(19(30)3)26(32)28-23-16-20(25(27)31)10-11-24(23)29-12-5-4-6-13-29/h7-11,14-16H,4-6,12-13H2,1-3H3,(H2,27,31)(H,28,32). The smallest absolute Gasteiger partial charge is 0.257 e. The quantitative estimate of drug-likeness (QED) is 0.613. The molecule has 3 N–H and O–H groups in total. The van der Waals surface area contributed by atoms with E-state index in [0.29, 0.717) is 16.8 Å². The van der Waals surface area contributed by atoms with Gasteiger partial charge < -0.3 is 20.5 Å². The van der Waals surface area contributed by atoms with Crippen molar-refractivity contribution in [3.63, 3.8) is 0 Å². The van der Waals surface area contributed by atoms with Gasteiger partial charge in [0.2, 0.25) is 5.91 Å². The average Bonchev–Trinajstić information content (AvgIpc) is 3.08. The molecular weight excluding hydrogens is 400 g/mol. The van der Waals surface area contributed by atoms with E-state index in [1.54, 1.807) is 12.1 Å². The van der Waals surface area contributed by atoms with Crippen molar-refractivity contribution in [2.45, 2.75) is 40.0 Å². The predicted molar refractivity (Wildman–Crippen MR) is 129 cm³/mol. The van der Waals surface area contributed by atoms with Gasteiger partial charge in [-0.3, -0.25) is 9.59 Å². The summed E-state index contributed by atoms with van der Waals surface area (Å²) in [6, 6.07) is 15.4. The summed E-state index contributed by atoms with van der Waals surface area (Å²) in [4.78, 5) is 27.4. The number of aryl methyl sites for hydroxylation is 2. The Morgan fingerprint density at radius 3 is 2.38 bits per heavy atom. The lowest BCUT2D eigenvalue weighted by Crippen LogP contribution is -2.30. The minimum atomic E-state index is -0.511. The molecule has 2 heterocycles. The van der Waals surface area contributed by atoms with Gasteiger partial charge in [-0.25, -0.2) is 0 Å². The van der Waals surface area contributed by atoms with Gasteiger partial charge in [0.15, 0.2) is 0 Å². The molecule has 6 nitrogen and oxygen atoms in total. The Hall–Kier alpha value is -3.54. The van der Waals surface area contributed by atoms with Gasteiger partial charge in [-0.2, -0.15) is 0 Å². The van der Waals surface area contributed by atoms with Crippen molar-refractivity contribution in [3.8, 4) is 5.69 Å². The van der Waals surface area contributed by atoms with Gasteiger partial charge >= 0.3 is 0 Å². The maximum atomic E-state index is 13.4. The lowest BCUT2D eigenvalue weighted by molar-refractivity contribution is 0.0996. The van der Waals surface area contributed by atoms with Crippen LogP contribution < -0.4 is 16.0 Å². The van der Waals surface area contributed by atoms with Crippen molar-refractivity contribution >= 4 is 23.2 Å². The van der Waals surface area contributed by atoms with Crippen molar-refractivity contribution in [1.82, 2.24) is 4.57 Å². The van der Waals surface area contributed by atoms with Crippen molar-refractivity contribution in [2.75, 3.05) is 23.3 Å². The SMILES string of the molecule is Cc1cccc(-n2c(C)cc(C(=O)Nc3cc(C(N)=O)ccc3N3CCCCC3)c2C)c1. The average molecular weight is 431 g/mol. The number of nitrogens with two attached hydrogens (primary N) is 1. The molecule has 1 fully saturated rings. The molecule has 0 aliphatic carbocycles. The minimum Gasteiger partial charge on any atom is -0.370 e. The number of piperidine rings is 1. The summed E-state index contributed by atoms with van der Waals surface area (Å²) in [5.41, 5.74) is 12.1. The highest BCUT2D eigenvalue weighted by Gasteiger charge is 2.21. The highest BCUT2D eigenvalue weighted by Crippen LogP contribution is 2.31. The molecule has 166 valence electrons. The zero-order chi connectivity index (χ0) is 22.8. The Kier molecular flexibility index (Phi) is 6.04. The van der Waals surface area contributed by atoms with Gasteiger partial charge in [-0.05, 0) is 82.0 Å². The lowest BCUT2D eigenvalue weighted by atomic mass is 10.1. The van der Waals surface area contributed by atoms with Crippen LogP contribution >= 0.6 is 0 Å². The Bertz CT molecular complexity index is 1170. The summed E-state index contributed by atoms with van der Waals surface area (Å²) in [7, 11) is 0. The number of aromatic nitrogens is 1. The van der Waals surface area contributed by atoms with Crippen LogP contribution in [0.15, 0.2) is 48.5 Å². The van der Waals surface area contributed by atoms with E-state index in [1.807, 2.05) is 38.1 Å². The van der Waals surface area contributed by atoms with Crippen LogP contribution in [0.1, 0.15) is 56.9 Å². The van der Waals surface area contributed by atoms with E-state index in [1.165, 1.54) is 6.42 Å².